The summed E-state index contributed by atoms with van der Waals surface area (Å²) in [5, 5.41) is 4.49. The van der Waals surface area contributed by atoms with Crippen LogP contribution in [0.2, 0.25) is 5.82 Å². The van der Waals surface area contributed by atoms with Crippen LogP contribution in [0, 0.1) is 35.5 Å². The van der Waals surface area contributed by atoms with Crippen molar-refractivity contribution >= 4 is 7.41 Å². The fraction of sp³-hybridized carbons (Fsp3) is 1.00. The molecule has 2 aliphatic heterocycles. The molecule has 0 aromatic heterocycles. The lowest BCUT2D eigenvalue weighted by atomic mass is 9.58. The van der Waals surface area contributed by atoms with Crippen LogP contribution in [-0.4, -0.2) is 60.8 Å². The van der Waals surface area contributed by atoms with Gasteiger partial charge in [-0.1, -0.05) is 82.9 Å². The Morgan fingerprint density at radius 3 is 1.72 bits per heavy atom. The zero-order valence-electron chi connectivity index (χ0n) is 30.1. The van der Waals surface area contributed by atoms with E-state index in [2.05, 4.69) is 17.5 Å². The molecule has 1 N–H and O–H groups in total. The summed E-state index contributed by atoms with van der Waals surface area (Å²) in [6, 6.07) is 2.95. The van der Waals surface area contributed by atoms with Crippen LogP contribution in [0.3, 0.4) is 0 Å². The highest BCUT2D eigenvalue weighted by atomic mass is 16.5. The Balaban J connectivity index is 0.919. The Morgan fingerprint density at radius 2 is 1.00 bits per heavy atom. The molecule has 0 aromatic rings. The molecule has 13 unspecified atom stereocenters. The Bertz CT molecular complexity index is 1010. The van der Waals surface area contributed by atoms with Crippen molar-refractivity contribution in [2.45, 2.75) is 228 Å². The summed E-state index contributed by atoms with van der Waals surface area (Å²) >= 11 is 0. The SMILES string of the molecule is [B](C1CCC2OC3CCCCC3C2C1)N(C1CCCCC1)C1CCC(C2CCC3OC4CCCCC4C3C2)CC1NC1CCCCC1. The maximum Gasteiger partial charge on any atom is 0.212 e. The van der Waals surface area contributed by atoms with E-state index in [-0.39, 0.29) is 0 Å². The number of nitrogens with one attached hydrogen (secondary N) is 1. The molecule has 2 saturated heterocycles. The first-order valence-electron chi connectivity index (χ1n) is 22.0. The summed E-state index contributed by atoms with van der Waals surface area (Å²) in [5.74, 6) is 6.14. The fourth-order valence-corrected chi connectivity index (χ4v) is 14.1. The lowest BCUT2D eigenvalue weighted by Gasteiger charge is -2.51. The molecule has 4 nitrogen and oxygen atoms in total. The van der Waals surface area contributed by atoms with Gasteiger partial charge in [0.15, 0.2) is 0 Å². The Labute approximate surface area is 289 Å². The van der Waals surface area contributed by atoms with Gasteiger partial charge in [0.1, 0.15) is 0 Å². The molecule has 13 atom stereocenters. The first-order valence-corrected chi connectivity index (χ1v) is 22.0. The van der Waals surface area contributed by atoms with E-state index in [1.807, 2.05) is 0 Å². The van der Waals surface area contributed by atoms with Gasteiger partial charge in [0.05, 0.1) is 24.4 Å². The monoisotopic (exact) mass is 646 g/mol. The van der Waals surface area contributed by atoms with Gasteiger partial charge in [-0.15, -0.1) is 0 Å². The maximum absolute atomic E-state index is 6.74. The molecular weight excluding hydrogens is 575 g/mol. The molecule has 2 heterocycles. The summed E-state index contributed by atoms with van der Waals surface area (Å²) in [4.78, 5) is 3.11. The molecule has 1 radical (unpaired) electrons. The van der Waals surface area contributed by atoms with E-state index in [9.17, 15) is 0 Å². The van der Waals surface area contributed by atoms with Crippen LogP contribution < -0.4 is 5.32 Å². The van der Waals surface area contributed by atoms with Crippen LogP contribution in [0.1, 0.15) is 173 Å². The molecule has 9 rings (SSSR count). The first-order chi connectivity index (χ1) is 23.3. The highest BCUT2D eigenvalue weighted by Crippen LogP contribution is 2.53. The average molecular weight is 646 g/mol. The minimum atomic E-state index is 0.580. The molecule has 0 bridgehead atoms. The summed E-state index contributed by atoms with van der Waals surface area (Å²) in [5.41, 5.74) is 0. The number of fused-ring (bicyclic) bond motifs is 6. The molecule has 7 aliphatic carbocycles. The smallest absolute Gasteiger partial charge is 0.212 e. The molecule has 7 saturated carbocycles. The average Bonchev–Trinajstić information content (AvgIpc) is 3.69. The predicted octanol–water partition coefficient (Wildman–Crippen LogP) is 9.62. The second-order valence-electron chi connectivity index (χ2n) is 18.9. The molecule has 0 aromatic carbocycles. The van der Waals surface area contributed by atoms with Gasteiger partial charge in [-0.25, -0.2) is 0 Å². The van der Waals surface area contributed by atoms with Crippen molar-refractivity contribution in [3.63, 3.8) is 0 Å². The maximum atomic E-state index is 6.74. The van der Waals surface area contributed by atoms with Crippen LogP contribution in [0.15, 0.2) is 0 Å². The van der Waals surface area contributed by atoms with E-state index in [0.717, 1.165) is 53.4 Å². The van der Waals surface area contributed by atoms with E-state index >= 15 is 0 Å². The second-order valence-corrected chi connectivity index (χ2v) is 18.9. The van der Waals surface area contributed by atoms with Gasteiger partial charge in [0.2, 0.25) is 7.41 Å². The summed E-state index contributed by atoms with van der Waals surface area (Å²) in [6.45, 7) is 0. The van der Waals surface area contributed by atoms with Crippen LogP contribution in [-0.2, 0) is 9.47 Å². The zero-order valence-corrected chi connectivity index (χ0v) is 30.1. The number of ether oxygens (including phenoxy) is 2. The third kappa shape index (κ3) is 6.94. The third-order valence-corrected chi connectivity index (χ3v) is 16.4. The standard InChI is InChI=1S/C42H70BN2O2/c1-3-11-31(12-4-1)44-37-26-29(28-20-23-41-35(25-28)33-15-7-9-17-39(33)46-41)19-22-38(37)45(32-13-5-2-6-14-32)43-30-21-24-42-36(27-30)34-16-8-10-18-40(34)47-42/h28-42,44H,1-27H2. The minimum Gasteiger partial charge on any atom is -0.374 e. The van der Waals surface area contributed by atoms with Gasteiger partial charge in [0, 0.05) is 18.1 Å². The molecule has 47 heavy (non-hydrogen) atoms. The van der Waals surface area contributed by atoms with Crippen molar-refractivity contribution in [3.05, 3.63) is 0 Å². The summed E-state index contributed by atoms with van der Waals surface area (Å²) in [6.07, 6.45) is 40.9. The van der Waals surface area contributed by atoms with E-state index in [1.54, 1.807) is 0 Å². The quantitative estimate of drug-likeness (QED) is 0.280. The second kappa shape index (κ2) is 14.9. The van der Waals surface area contributed by atoms with Gasteiger partial charge >= 0.3 is 0 Å². The molecule has 9 fully saturated rings. The van der Waals surface area contributed by atoms with Crippen molar-refractivity contribution in [3.8, 4) is 0 Å². The van der Waals surface area contributed by atoms with Crippen LogP contribution >= 0.6 is 0 Å². The Morgan fingerprint density at radius 1 is 0.447 bits per heavy atom. The Kier molecular flexibility index (Phi) is 10.4. The predicted molar refractivity (Wildman–Crippen MR) is 193 cm³/mol. The van der Waals surface area contributed by atoms with E-state index in [0.29, 0.717) is 36.5 Å². The minimum absolute atomic E-state index is 0.580. The van der Waals surface area contributed by atoms with E-state index in [4.69, 9.17) is 9.47 Å². The zero-order chi connectivity index (χ0) is 31.2. The van der Waals surface area contributed by atoms with Crippen molar-refractivity contribution in [1.82, 2.24) is 10.1 Å². The van der Waals surface area contributed by atoms with Crippen molar-refractivity contribution in [1.29, 1.82) is 0 Å². The molecule has 0 amide bonds. The molecule has 0 spiro atoms. The van der Waals surface area contributed by atoms with Gasteiger partial charge < -0.3 is 19.6 Å². The molecule has 263 valence electrons. The van der Waals surface area contributed by atoms with Gasteiger partial charge in [-0.2, -0.15) is 0 Å². The number of nitrogens with zero attached hydrogens (tertiary/aromatic N) is 1. The Hall–Kier alpha value is -0.0951. The lowest BCUT2D eigenvalue weighted by molar-refractivity contribution is -0.00839. The largest absolute Gasteiger partial charge is 0.374 e. The summed E-state index contributed by atoms with van der Waals surface area (Å²) in [7, 11) is 2.92. The van der Waals surface area contributed by atoms with Crippen LogP contribution in [0.4, 0.5) is 0 Å². The number of hydrogen-bond donors (Lipinski definition) is 1. The van der Waals surface area contributed by atoms with Crippen molar-refractivity contribution < 1.29 is 9.47 Å². The lowest BCUT2D eigenvalue weighted by Crippen LogP contribution is -2.60. The highest BCUT2D eigenvalue weighted by molar-refractivity contribution is 6.34. The normalized spacial score (nSPS) is 48.0. The van der Waals surface area contributed by atoms with Gasteiger partial charge in [0.25, 0.3) is 0 Å². The van der Waals surface area contributed by atoms with Crippen LogP contribution in [0.25, 0.3) is 0 Å². The third-order valence-electron chi connectivity index (χ3n) is 16.4. The van der Waals surface area contributed by atoms with E-state index < -0.39 is 0 Å². The van der Waals surface area contributed by atoms with Gasteiger partial charge in [-0.05, 0) is 138 Å². The molecular formula is C42H70BN2O2. The summed E-state index contributed by atoms with van der Waals surface area (Å²) < 4.78 is 13.5. The number of rotatable bonds is 7. The topological polar surface area (TPSA) is 33.7 Å². The first kappa shape index (κ1) is 32.8. The van der Waals surface area contributed by atoms with Gasteiger partial charge in [-0.3, -0.25) is 0 Å². The van der Waals surface area contributed by atoms with Crippen molar-refractivity contribution in [2.75, 3.05) is 0 Å². The number of hydrogen-bond acceptors (Lipinski definition) is 4. The fourth-order valence-electron chi connectivity index (χ4n) is 14.1. The van der Waals surface area contributed by atoms with Crippen molar-refractivity contribution in [2.24, 2.45) is 35.5 Å². The molecule has 9 aliphatic rings. The molecule has 5 heteroatoms. The van der Waals surface area contributed by atoms with E-state index in [1.165, 1.54) is 173 Å². The highest BCUT2D eigenvalue weighted by Gasteiger charge is 2.51. The van der Waals surface area contributed by atoms with Crippen LogP contribution in [0.5, 0.6) is 0 Å².